The monoisotopic (exact) mass is 463 g/mol. The highest BCUT2D eigenvalue weighted by atomic mass is 32.2. The number of aliphatic carboxylic acids is 1. The number of hydrogen-bond acceptors (Lipinski definition) is 3. The molecule has 172 valence electrons. The second kappa shape index (κ2) is 9.89. The number of carbonyl (C=O) groups is 1. The Morgan fingerprint density at radius 3 is 2.00 bits per heavy atom. The molecule has 3 aromatic rings. The van der Waals surface area contributed by atoms with Gasteiger partial charge in [-0.15, -0.1) is 0 Å². The molecule has 0 spiro atoms. The summed E-state index contributed by atoms with van der Waals surface area (Å²) in [6.45, 7) is 0.395. The molecule has 0 aliphatic heterocycles. The van der Waals surface area contributed by atoms with Crippen LogP contribution in [0.15, 0.2) is 83.8 Å². The molecule has 0 amide bonds. The van der Waals surface area contributed by atoms with Gasteiger partial charge >= 0.3 is 5.97 Å². The molecule has 1 aliphatic carbocycles. The van der Waals surface area contributed by atoms with Gasteiger partial charge in [-0.05, 0) is 59.1 Å². The van der Waals surface area contributed by atoms with Gasteiger partial charge < -0.3 is 5.11 Å². The Balaban J connectivity index is 1.44. The van der Waals surface area contributed by atoms with Gasteiger partial charge in [0.25, 0.3) is 0 Å². The maximum absolute atomic E-state index is 13.0. The maximum Gasteiger partial charge on any atom is 0.307 e. The van der Waals surface area contributed by atoms with Crippen LogP contribution >= 0.6 is 0 Å². The van der Waals surface area contributed by atoms with Gasteiger partial charge in [0.15, 0.2) is 0 Å². The van der Waals surface area contributed by atoms with Crippen LogP contribution in [0.2, 0.25) is 0 Å². The van der Waals surface area contributed by atoms with Crippen molar-refractivity contribution in [2.24, 2.45) is 5.41 Å². The molecule has 1 saturated carbocycles. The standard InChI is InChI=1S/C27H29NO4S/c29-26(30)18-21-8-10-22(11-9-21)19-27(16-4-5-17-27)20-28-33(31,32)25-14-12-24(13-15-25)23-6-2-1-3-7-23/h1-3,6-15,28H,4-5,16-20H2,(H,29,30). The summed E-state index contributed by atoms with van der Waals surface area (Å²) in [5, 5.41) is 8.96. The summed E-state index contributed by atoms with van der Waals surface area (Å²) in [6, 6.07) is 24.5. The molecule has 0 bridgehead atoms. The van der Waals surface area contributed by atoms with Crippen LogP contribution in [0.5, 0.6) is 0 Å². The molecule has 0 atom stereocenters. The third-order valence-electron chi connectivity index (χ3n) is 6.53. The first-order valence-electron chi connectivity index (χ1n) is 11.3. The largest absolute Gasteiger partial charge is 0.481 e. The van der Waals surface area contributed by atoms with Crippen molar-refractivity contribution in [1.82, 2.24) is 4.72 Å². The van der Waals surface area contributed by atoms with Crippen molar-refractivity contribution in [2.75, 3.05) is 6.54 Å². The highest BCUT2D eigenvalue weighted by molar-refractivity contribution is 7.89. The number of hydrogen-bond donors (Lipinski definition) is 2. The zero-order valence-electron chi connectivity index (χ0n) is 18.5. The van der Waals surface area contributed by atoms with E-state index in [1.807, 2.05) is 66.7 Å². The van der Waals surface area contributed by atoms with Crippen molar-refractivity contribution in [2.45, 2.75) is 43.4 Å². The van der Waals surface area contributed by atoms with Crippen LogP contribution in [0, 0.1) is 5.41 Å². The summed E-state index contributed by atoms with van der Waals surface area (Å²) < 4.78 is 28.9. The minimum absolute atomic E-state index is 0.00822. The Bertz CT molecular complexity index is 1180. The average Bonchev–Trinajstić information content (AvgIpc) is 3.28. The highest BCUT2D eigenvalue weighted by Gasteiger charge is 2.35. The van der Waals surface area contributed by atoms with Gasteiger partial charge in [0.05, 0.1) is 11.3 Å². The molecule has 3 aromatic carbocycles. The molecule has 0 saturated heterocycles. The molecule has 0 aromatic heterocycles. The van der Waals surface area contributed by atoms with E-state index in [-0.39, 0.29) is 16.7 Å². The van der Waals surface area contributed by atoms with E-state index >= 15 is 0 Å². The molecule has 6 heteroatoms. The van der Waals surface area contributed by atoms with Crippen molar-refractivity contribution in [3.8, 4) is 11.1 Å². The Labute approximate surface area is 195 Å². The summed E-state index contributed by atoms with van der Waals surface area (Å²) in [7, 11) is -3.61. The molecule has 1 fully saturated rings. The molecular weight excluding hydrogens is 434 g/mol. The first-order valence-corrected chi connectivity index (χ1v) is 12.8. The molecule has 0 radical (unpaired) electrons. The number of carboxylic acids is 1. The van der Waals surface area contributed by atoms with E-state index in [4.69, 9.17) is 5.11 Å². The topological polar surface area (TPSA) is 83.5 Å². The normalized spacial score (nSPS) is 15.4. The predicted octanol–water partition coefficient (Wildman–Crippen LogP) is 5.06. The Morgan fingerprint density at radius 1 is 0.818 bits per heavy atom. The van der Waals surface area contributed by atoms with Crippen molar-refractivity contribution in [1.29, 1.82) is 0 Å². The summed E-state index contributed by atoms with van der Waals surface area (Å²) in [6.07, 6.45) is 4.90. The fraction of sp³-hybridized carbons (Fsp3) is 0.296. The molecule has 33 heavy (non-hydrogen) atoms. The molecule has 0 heterocycles. The summed E-state index contributed by atoms with van der Waals surface area (Å²) in [5.41, 5.74) is 3.79. The predicted molar refractivity (Wildman–Crippen MR) is 129 cm³/mol. The lowest BCUT2D eigenvalue weighted by Gasteiger charge is -2.29. The summed E-state index contributed by atoms with van der Waals surface area (Å²) in [4.78, 5) is 11.2. The lowest BCUT2D eigenvalue weighted by atomic mass is 9.80. The van der Waals surface area contributed by atoms with E-state index in [1.54, 1.807) is 12.1 Å². The van der Waals surface area contributed by atoms with Crippen LogP contribution < -0.4 is 4.72 Å². The number of carboxylic acid groups (broad SMARTS) is 1. The third kappa shape index (κ3) is 5.89. The van der Waals surface area contributed by atoms with Crippen molar-refractivity contribution in [3.05, 3.63) is 90.0 Å². The molecule has 0 unspecified atom stereocenters. The fourth-order valence-corrected chi connectivity index (χ4v) is 5.87. The number of rotatable bonds is 9. The fourth-order valence-electron chi connectivity index (χ4n) is 4.71. The maximum atomic E-state index is 13.0. The van der Waals surface area contributed by atoms with Gasteiger partial charge in [-0.25, -0.2) is 13.1 Å². The van der Waals surface area contributed by atoms with E-state index < -0.39 is 16.0 Å². The first-order chi connectivity index (χ1) is 15.9. The van der Waals surface area contributed by atoms with Gasteiger partial charge in [0, 0.05) is 6.54 Å². The molecule has 1 aliphatic rings. The number of sulfonamides is 1. The lowest BCUT2D eigenvalue weighted by Crippen LogP contribution is -2.37. The van der Waals surface area contributed by atoms with E-state index in [0.717, 1.165) is 54.4 Å². The van der Waals surface area contributed by atoms with Gasteiger partial charge in [0.2, 0.25) is 10.0 Å². The Kier molecular flexibility index (Phi) is 6.96. The minimum Gasteiger partial charge on any atom is -0.481 e. The molecular formula is C27H29NO4S. The van der Waals surface area contributed by atoms with Gasteiger partial charge in [0.1, 0.15) is 0 Å². The highest BCUT2D eigenvalue weighted by Crippen LogP contribution is 2.41. The van der Waals surface area contributed by atoms with E-state index in [0.29, 0.717) is 6.54 Å². The second-order valence-electron chi connectivity index (χ2n) is 8.99. The summed E-state index contributed by atoms with van der Waals surface area (Å²) >= 11 is 0. The van der Waals surface area contributed by atoms with Gasteiger partial charge in [-0.3, -0.25) is 4.79 Å². The quantitative estimate of drug-likeness (QED) is 0.464. The van der Waals surface area contributed by atoms with Gasteiger partial charge in [-0.2, -0.15) is 0 Å². The Hall–Kier alpha value is -2.96. The van der Waals surface area contributed by atoms with E-state index in [2.05, 4.69) is 4.72 Å². The molecule has 5 nitrogen and oxygen atoms in total. The van der Waals surface area contributed by atoms with Crippen molar-refractivity contribution >= 4 is 16.0 Å². The second-order valence-corrected chi connectivity index (χ2v) is 10.8. The first kappa shape index (κ1) is 23.2. The minimum atomic E-state index is -3.61. The van der Waals surface area contributed by atoms with Crippen LogP contribution in [-0.2, 0) is 27.7 Å². The van der Waals surface area contributed by atoms with E-state index in [1.165, 1.54) is 0 Å². The van der Waals surface area contributed by atoms with Crippen LogP contribution in [0.3, 0.4) is 0 Å². The molecule has 4 rings (SSSR count). The summed E-state index contributed by atoms with van der Waals surface area (Å²) in [5.74, 6) is -0.846. The van der Waals surface area contributed by atoms with Crippen LogP contribution in [0.4, 0.5) is 0 Å². The van der Waals surface area contributed by atoms with Crippen LogP contribution in [0.1, 0.15) is 36.8 Å². The molecule has 2 N–H and O–H groups in total. The third-order valence-corrected chi connectivity index (χ3v) is 7.95. The zero-order chi connectivity index (χ0) is 23.3. The zero-order valence-corrected chi connectivity index (χ0v) is 19.4. The van der Waals surface area contributed by atoms with Crippen molar-refractivity contribution < 1.29 is 18.3 Å². The van der Waals surface area contributed by atoms with Gasteiger partial charge in [-0.1, -0.05) is 79.6 Å². The lowest BCUT2D eigenvalue weighted by molar-refractivity contribution is -0.136. The number of benzene rings is 3. The van der Waals surface area contributed by atoms with Crippen molar-refractivity contribution in [3.63, 3.8) is 0 Å². The van der Waals surface area contributed by atoms with Crippen LogP contribution in [-0.4, -0.2) is 26.0 Å². The van der Waals surface area contributed by atoms with E-state index in [9.17, 15) is 13.2 Å². The van der Waals surface area contributed by atoms with Crippen LogP contribution in [0.25, 0.3) is 11.1 Å². The number of nitrogens with one attached hydrogen (secondary N) is 1. The SMILES string of the molecule is O=C(O)Cc1ccc(CC2(CNS(=O)(=O)c3ccc(-c4ccccc4)cc3)CCCC2)cc1. The smallest absolute Gasteiger partial charge is 0.307 e. The average molecular weight is 464 g/mol. The Morgan fingerprint density at radius 2 is 1.39 bits per heavy atom.